The van der Waals surface area contributed by atoms with E-state index in [0.717, 1.165) is 11.8 Å². The third-order valence-electron chi connectivity index (χ3n) is 4.29. The van der Waals surface area contributed by atoms with Gasteiger partial charge in [-0.2, -0.15) is 12.6 Å². The van der Waals surface area contributed by atoms with Crippen LogP contribution in [0, 0.1) is 0 Å². The molecule has 1 aliphatic heterocycles. The molecule has 0 N–H and O–H groups in total. The second-order valence-corrected chi connectivity index (χ2v) is 6.65. The van der Waals surface area contributed by atoms with Crippen LogP contribution in [0.5, 0.6) is 0 Å². The minimum Gasteiger partial charge on any atom is -0.305 e. The third kappa shape index (κ3) is 8.21. The number of hydrogen-bond acceptors (Lipinski definition) is 3. The summed E-state index contributed by atoms with van der Waals surface area (Å²) in [5.41, 5.74) is 0. The van der Waals surface area contributed by atoms with Crippen molar-refractivity contribution in [3.63, 3.8) is 0 Å². The van der Waals surface area contributed by atoms with Gasteiger partial charge < -0.3 is 4.90 Å². The lowest BCUT2D eigenvalue weighted by molar-refractivity contribution is 0.198. The van der Waals surface area contributed by atoms with Crippen molar-refractivity contribution in [2.45, 2.75) is 64.3 Å². The zero-order chi connectivity index (χ0) is 13.9. The topological polar surface area (TPSA) is 6.48 Å². The summed E-state index contributed by atoms with van der Waals surface area (Å²) < 4.78 is 0. The second kappa shape index (κ2) is 11.0. The first-order valence-corrected chi connectivity index (χ1v) is 8.90. The lowest BCUT2D eigenvalue weighted by Gasteiger charge is -2.27. The largest absolute Gasteiger partial charge is 0.305 e. The molecule has 0 bridgehead atoms. The molecular weight excluding hydrogens is 252 g/mol. The lowest BCUT2D eigenvalue weighted by Crippen LogP contribution is -2.38. The Kier molecular flexibility index (Phi) is 10.0. The first-order valence-electron chi connectivity index (χ1n) is 8.27. The number of nitrogens with zero attached hydrogens (tertiary/aromatic N) is 2. The highest BCUT2D eigenvalue weighted by atomic mass is 32.1. The Balaban J connectivity index is 1.99. The van der Waals surface area contributed by atoms with Gasteiger partial charge >= 0.3 is 0 Å². The van der Waals surface area contributed by atoms with E-state index < -0.39 is 0 Å². The maximum Gasteiger partial charge on any atom is 0.0194 e. The summed E-state index contributed by atoms with van der Waals surface area (Å²) in [6, 6.07) is 0.739. The van der Waals surface area contributed by atoms with Gasteiger partial charge in [-0.1, -0.05) is 32.1 Å². The number of unbranched alkanes of at least 4 members (excludes halogenated alkanes) is 6. The SMILES string of the molecule is CC1CN(C)CCCN1CCCCCCCCCS. The zero-order valence-electron chi connectivity index (χ0n) is 13.1. The van der Waals surface area contributed by atoms with Gasteiger partial charge in [0.1, 0.15) is 0 Å². The molecule has 0 aromatic rings. The second-order valence-electron chi connectivity index (χ2n) is 6.20. The molecule has 0 aromatic carbocycles. The van der Waals surface area contributed by atoms with E-state index in [9.17, 15) is 0 Å². The molecule has 1 unspecified atom stereocenters. The van der Waals surface area contributed by atoms with Crippen molar-refractivity contribution in [3.8, 4) is 0 Å². The number of likely N-dealkylation sites (N-methyl/N-ethyl adjacent to an activating group) is 1. The van der Waals surface area contributed by atoms with Crippen LogP contribution in [0.3, 0.4) is 0 Å². The Morgan fingerprint density at radius 2 is 1.58 bits per heavy atom. The van der Waals surface area contributed by atoms with Crippen LogP contribution in [0.25, 0.3) is 0 Å². The van der Waals surface area contributed by atoms with E-state index in [-0.39, 0.29) is 0 Å². The zero-order valence-corrected chi connectivity index (χ0v) is 14.0. The highest BCUT2D eigenvalue weighted by Crippen LogP contribution is 2.12. The molecule has 0 amide bonds. The predicted molar refractivity (Wildman–Crippen MR) is 89.3 cm³/mol. The van der Waals surface area contributed by atoms with Crippen LogP contribution in [0.1, 0.15) is 58.3 Å². The fourth-order valence-corrected chi connectivity index (χ4v) is 3.29. The average Bonchev–Trinajstić information content (AvgIpc) is 2.54. The van der Waals surface area contributed by atoms with E-state index in [2.05, 4.69) is 36.4 Å². The van der Waals surface area contributed by atoms with Gasteiger partial charge in [-0.15, -0.1) is 0 Å². The normalized spacial score (nSPS) is 22.6. The molecule has 3 heteroatoms. The van der Waals surface area contributed by atoms with E-state index in [1.165, 1.54) is 77.5 Å². The summed E-state index contributed by atoms with van der Waals surface area (Å²) in [5.74, 6) is 1.06. The highest BCUT2D eigenvalue weighted by Gasteiger charge is 2.18. The van der Waals surface area contributed by atoms with Gasteiger partial charge in [-0.05, 0) is 58.6 Å². The van der Waals surface area contributed by atoms with Gasteiger partial charge in [0.15, 0.2) is 0 Å². The molecule has 1 heterocycles. The van der Waals surface area contributed by atoms with Gasteiger partial charge in [-0.3, -0.25) is 4.90 Å². The molecule has 114 valence electrons. The molecule has 0 spiro atoms. The van der Waals surface area contributed by atoms with E-state index >= 15 is 0 Å². The minimum atomic E-state index is 0.739. The Morgan fingerprint density at radius 3 is 2.26 bits per heavy atom. The van der Waals surface area contributed by atoms with Gasteiger partial charge in [0.25, 0.3) is 0 Å². The lowest BCUT2D eigenvalue weighted by atomic mass is 10.1. The molecule has 1 fully saturated rings. The van der Waals surface area contributed by atoms with Crippen LogP contribution in [0.4, 0.5) is 0 Å². The minimum absolute atomic E-state index is 0.739. The van der Waals surface area contributed by atoms with Crippen molar-refractivity contribution in [3.05, 3.63) is 0 Å². The molecule has 0 aliphatic carbocycles. The van der Waals surface area contributed by atoms with Crippen LogP contribution >= 0.6 is 12.6 Å². The van der Waals surface area contributed by atoms with Crippen LogP contribution in [-0.2, 0) is 0 Å². The molecular formula is C16H34N2S. The average molecular weight is 287 g/mol. The predicted octanol–water partition coefficient (Wildman–Crippen LogP) is 3.67. The standard InChI is InChI=1S/C16H34N2S/c1-16-15-17(2)11-10-13-18(16)12-8-6-4-3-5-7-9-14-19/h16,19H,3-15H2,1-2H3. The van der Waals surface area contributed by atoms with Gasteiger partial charge in [-0.25, -0.2) is 0 Å². The summed E-state index contributed by atoms with van der Waals surface area (Å²) >= 11 is 4.25. The maximum absolute atomic E-state index is 4.25. The molecule has 19 heavy (non-hydrogen) atoms. The highest BCUT2D eigenvalue weighted by molar-refractivity contribution is 7.80. The Bertz CT molecular complexity index is 211. The van der Waals surface area contributed by atoms with Gasteiger partial charge in [0.2, 0.25) is 0 Å². The summed E-state index contributed by atoms with van der Waals surface area (Å²) in [6.07, 6.45) is 11.1. The summed E-state index contributed by atoms with van der Waals surface area (Å²) in [6.45, 7) is 7.51. The fraction of sp³-hybridized carbons (Fsp3) is 1.00. The molecule has 0 aromatic heterocycles. The summed E-state index contributed by atoms with van der Waals surface area (Å²) in [7, 11) is 2.25. The molecule has 0 radical (unpaired) electrons. The molecule has 0 saturated carbocycles. The molecule has 1 saturated heterocycles. The van der Waals surface area contributed by atoms with Crippen LogP contribution in [-0.4, -0.2) is 54.8 Å². The number of hydrogen-bond donors (Lipinski definition) is 1. The third-order valence-corrected chi connectivity index (χ3v) is 4.60. The summed E-state index contributed by atoms with van der Waals surface area (Å²) in [4.78, 5) is 5.18. The van der Waals surface area contributed by atoms with Crippen molar-refractivity contribution in [1.82, 2.24) is 9.80 Å². The van der Waals surface area contributed by atoms with E-state index in [1.807, 2.05) is 0 Å². The van der Waals surface area contributed by atoms with Crippen LogP contribution < -0.4 is 0 Å². The van der Waals surface area contributed by atoms with Crippen molar-refractivity contribution in [2.75, 3.05) is 39.0 Å². The maximum atomic E-state index is 4.25. The smallest absolute Gasteiger partial charge is 0.0194 e. The molecule has 1 rings (SSSR count). The molecule has 1 atom stereocenters. The van der Waals surface area contributed by atoms with E-state index in [0.29, 0.717) is 0 Å². The Morgan fingerprint density at radius 1 is 0.947 bits per heavy atom. The van der Waals surface area contributed by atoms with Crippen LogP contribution in [0.15, 0.2) is 0 Å². The fourth-order valence-electron chi connectivity index (χ4n) is 3.06. The first-order chi connectivity index (χ1) is 9.24. The molecule has 1 aliphatic rings. The molecule has 2 nitrogen and oxygen atoms in total. The van der Waals surface area contributed by atoms with Crippen molar-refractivity contribution in [1.29, 1.82) is 0 Å². The van der Waals surface area contributed by atoms with Gasteiger partial charge in [0.05, 0.1) is 0 Å². The van der Waals surface area contributed by atoms with E-state index in [4.69, 9.17) is 0 Å². The Labute approximate surface area is 126 Å². The monoisotopic (exact) mass is 286 g/mol. The quantitative estimate of drug-likeness (QED) is 0.510. The van der Waals surface area contributed by atoms with Gasteiger partial charge in [0, 0.05) is 12.6 Å². The van der Waals surface area contributed by atoms with E-state index in [1.54, 1.807) is 0 Å². The van der Waals surface area contributed by atoms with Crippen molar-refractivity contribution in [2.24, 2.45) is 0 Å². The van der Waals surface area contributed by atoms with Crippen molar-refractivity contribution < 1.29 is 0 Å². The first kappa shape index (κ1) is 17.3. The van der Waals surface area contributed by atoms with Crippen molar-refractivity contribution >= 4 is 12.6 Å². The summed E-state index contributed by atoms with van der Waals surface area (Å²) in [5, 5.41) is 0. The Hall–Kier alpha value is 0.270. The number of thiol groups is 1. The van der Waals surface area contributed by atoms with Crippen LogP contribution in [0.2, 0.25) is 0 Å². The number of rotatable bonds is 9.